The number of aryl methyl sites for hydroxylation is 1. The standard InChI is InChI=1S/C25H29N3O6S/c1-18-4-10-22(11-5-18)35(31,32)28-23(25(29)30)16-19-6-8-20(9-7-19)34-15-3-13-26-24-17-21(33-2)12-14-27-24/h4-12,14,17,23,28H,3,13,15-16H2,1-2H3,(H,26,27)(H,29,30)/t23-/m0/s1. The molecule has 3 aromatic rings. The molecule has 0 saturated carbocycles. The van der Waals surface area contributed by atoms with Crippen molar-refractivity contribution >= 4 is 21.8 Å². The van der Waals surface area contributed by atoms with E-state index in [1.54, 1.807) is 55.8 Å². The van der Waals surface area contributed by atoms with Gasteiger partial charge in [0.05, 0.1) is 18.6 Å². The largest absolute Gasteiger partial charge is 0.497 e. The van der Waals surface area contributed by atoms with E-state index in [0.717, 1.165) is 23.6 Å². The van der Waals surface area contributed by atoms with E-state index in [-0.39, 0.29) is 11.3 Å². The van der Waals surface area contributed by atoms with Crippen molar-refractivity contribution in [2.45, 2.75) is 30.7 Å². The lowest BCUT2D eigenvalue weighted by Gasteiger charge is -2.15. The summed E-state index contributed by atoms with van der Waals surface area (Å²) in [5.74, 6) is 0.839. The number of methoxy groups -OCH3 is 1. The molecule has 2 aromatic carbocycles. The third-order valence-electron chi connectivity index (χ3n) is 5.15. The number of hydrogen-bond donors (Lipinski definition) is 3. The Morgan fingerprint density at radius 2 is 1.77 bits per heavy atom. The highest BCUT2D eigenvalue weighted by atomic mass is 32.2. The van der Waals surface area contributed by atoms with E-state index < -0.39 is 22.0 Å². The van der Waals surface area contributed by atoms with E-state index in [4.69, 9.17) is 9.47 Å². The summed E-state index contributed by atoms with van der Waals surface area (Å²) in [5.41, 5.74) is 1.58. The van der Waals surface area contributed by atoms with Gasteiger partial charge in [-0.15, -0.1) is 0 Å². The number of ether oxygens (including phenoxy) is 2. The maximum atomic E-state index is 12.6. The molecule has 1 heterocycles. The van der Waals surface area contributed by atoms with Crippen molar-refractivity contribution in [2.75, 3.05) is 25.6 Å². The molecule has 9 nitrogen and oxygen atoms in total. The Kier molecular flexibility index (Phi) is 9.04. The highest BCUT2D eigenvalue weighted by molar-refractivity contribution is 7.89. The summed E-state index contributed by atoms with van der Waals surface area (Å²) in [6.07, 6.45) is 2.41. The van der Waals surface area contributed by atoms with Crippen molar-refractivity contribution in [2.24, 2.45) is 0 Å². The van der Waals surface area contributed by atoms with Gasteiger partial charge in [-0.3, -0.25) is 4.79 Å². The minimum absolute atomic E-state index is 0.00182. The van der Waals surface area contributed by atoms with E-state index in [1.165, 1.54) is 12.1 Å². The van der Waals surface area contributed by atoms with Crippen molar-refractivity contribution in [3.63, 3.8) is 0 Å². The number of hydrogen-bond acceptors (Lipinski definition) is 7. The van der Waals surface area contributed by atoms with Gasteiger partial charge in [-0.25, -0.2) is 13.4 Å². The molecule has 0 fully saturated rings. The van der Waals surface area contributed by atoms with E-state index >= 15 is 0 Å². The highest BCUT2D eigenvalue weighted by Gasteiger charge is 2.25. The fourth-order valence-electron chi connectivity index (χ4n) is 3.22. The summed E-state index contributed by atoms with van der Waals surface area (Å²) >= 11 is 0. The number of rotatable bonds is 13. The number of aliphatic carboxylic acids is 1. The van der Waals surface area contributed by atoms with Gasteiger partial charge in [-0.1, -0.05) is 29.8 Å². The fourth-order valence-corrected chi connectivity index (χ4v) is 4.41. The Morgan fingerprint density at radius 3 is 2.43 bits per heavy atom. The minimum atomic E-state index is -3.96. The fraction of sp³-hybridized carbons (Fsp3) is 0.280. The third kappa shape index (κ3) is 7.97. The summed E-state index contributed by atoms with van der Waals surface area (Å²) < 4.78 is 38.4. The molecular weight excluding hydrogens is 470 g/mol. The third-order valence-corrected chi connectivity index (χ3v) is 6.64. The van der Waals surface area contributed by atoms with Crippen LogP contribution in [0.3, 0.4) is 0 Å². The van der Waals surface area contributed by atoms with Gasteiger partial charge < -0.3 is 19.9 Å². The van der Waals surface area contributed by atoms with Gasteiger partial charge in [0, 0.05) is 18.8 Å². The van der Waals surface area contributed by atoms with E-state index in [0.29, 0.717) is 24.5 Å². The molecule has 0 aliphatic carbocycles. The number of nitrogens with one attached hydrogen (secondary N) is 2. The van der Waals surface area contributed by atoms with Crippen LogP contribution in [-0.2, 0) is 21.2 Å². The molecule has 0 spiro atoms. The second-order valence-electron chi connectivity index (χ2n) is 7.88. The molecule has 0 aliphatic rings. The number of pyridine rings is 1. The van der Waals surface area contributed by atoms with Gasteiger partial charge in [-0.05, 0) is 55.7 Å². The van der Waals surface area contributed by atoms with Crippen LogP contribution in [0.1, 0.15) is 17.5 Å². The van der Waals surface area contributed by atoms with Crippen molar-refractivity contribution in [3.8, 4) is 11.5 Å². The number of nitrogens with zero attached hydrogens (tertiary/aromatic N) is 1. The first-order chi connectivity index (χ1) is 16.8. The van der Waals surface area contributed by atoms with Crippen LogP contribution >= 0.6 is 0 Å². The number of carboxylic acid groups (broad SMARTS) is 1. The molecule has 3 rings (SSSR count). The molecule has 0 unspecified atom stereocenters. The Morgan fingerprint density at radius 1 is 1.06 bits per heavy atom. The zero-order valence-corrected chi connectivity index (χ0v) is 20.4. The first-order valence-corrected chi connectivity index (χ1v) is 12.5. The van der Waals surface area contributed by atoms with Crippen molar-refractivity contribution in [1.82, 2.24) is 9.71 Å². The van der Waals surface area contributed by atoms with E-state index in [1.807, 2.05) is 13.0 Å². The predicted octanol–water partition coefficient (Wildman–Crippen LogP) is 3.25. The topological polar surface area (TPSA) is 127 Å². The average Bonchev–Trinajstić information content (AvgIpc) is 2.84. The lowest BCUT2D eigenvalue weighted by molar-refractivity contribution is -0.138. The quantitative estimate of drug-likeness (QED) is 0.306. The van der Waals surface area contributed by atoms with Crippen LogP contribution < -0.4 is 19.5 Å². The van der Waals surface area contributed by atoms with Gasteiger partial charge in [-0.2, -0.15) is 4.72 Å². The number of carbonyl (C=O) groups is 1. The molecule has 0 amide bonds. The summed E-state index contributed by atoms with van der Waals surface area (Å²) in [7, 11) is -2.36. The maximum Gasteiger partial charge on any atom is 0.322 e. The smallest absolute Gasteiger partial charge is 0.322 e. The number of anilines is 1. The molecule has 0 aliphatic heterocycles. The van der Waals surface area contributed by atoms with Gasteiger partial charge in [0.15, 0.2) is 0 Å². The number of benzene rings is 2. The van der Waals surface area contributed by atoms with Gasteiger partial charge in [0.1, 0.15) is 23.4 Å². The van der Waals surface area contributed by atoms with Crippen molar-refractivity contribution in [3.05, 3.63) is 78.0 Å². The van der Waals surface area contributed by atoms with Gasteiger partial charge in [0.2, 0.25) is 10.0 Å². The molecule has 3 N–H and O–H groups in total. The predicted molar refractivity (Wildman–Crippen MR) is 132 cm³/mol. The summed E-state index contributed by atoms with van der Waals surface area (Å²) in [6.45, 7) is 2.98. The molecule has 1 atom stereocenters. The SMILES string of the molecule is COc1ccnc(NCCCOc2ccc(C[C@H](NS(=O)(=O)c3ccc(C)cc3)C(=O)O)cc2)c1. The molecule has 35 heavy (non-hydrogen) atoms. The maximum absolute atomic E-state index is 12.6. The molecule has 1 aromatic heterocycles. The lowest BCUT2D eigenvalue weighted by atomic mass is 10.1. The second kappa shape index (κ2) is 12.2. The summed E-state index contributed by atoms with van der Waals surface area (Å²) in [6, 6.07) is 15.4. The monoisotopic (exact) mass is 499 g/mol. The van der Waals surface area contributed by atoms with Crippen molar-refractivity contribution in [1.29, 1.82) is 0 Å². The van der Waals surface area contributed by atoms with Crippen molar-refractivity contribution < 1.29 is 27.8 Å². The highest BCUT2D eigenvalue weighted by Crippen LogP contribution is 2.17. The molecule has 0 saturated heterocycles. The van der Waals surface area contributed by atoms with Crippen LogP contribution in [0.25, 0.3) is 0 Å². The Hall–Kier alpha value is -3.63. The Bertz CT molecular complexity index is 1210. The zero-order chi connectivity index (χ0) is 25.3. The number of aromatic nitrogens is 1. The minimum Gasteiger partial charge on any atom is -0.497 e. The van der Waals surface area contributed by atoms with Gasteiger partial charge in [0.25, 0.3) is 0 Å². The van der Waals surface area contributed by atoms with Crippen LogP contribution in [0.15, 0.2) is 71.8 Å². The van der Waals surface area contributed by atoms with Gasteiger partial charge >= 0.3 is 5.97 Å². The van der Waals surface area contributed by atoms with Crippen LogP contribution in [0.5, 0.6) is 11.5 Å². The second-order valence-corrected chi connectivity index (χ2v) is 9.60. The molecule has 10 heteroatoms. The van der Waals surface area contributed by atoms with Crippen LogP contribution in [0.4, 0.5) is 5.82 Å². The van der Waals surface area contributed by atoms with E-state index in [2.05, 4.69) is 15.0 Å². The number of carboxylic acids is 1. The zero-order valence-electron chi connectivity index (χ0n) is 19.6. The summed E-state index contributed by atoms with van der Waals surface area (Å²) in [4.78, 5) is 15.9. The molecule has 186 valence electrons. The molecule has 0 bridgehead atoms. The first kappa shape index (κ1) is 26.0. The average molecular weight is 500 g/mol. The Labute approximate surface area is 205 Å². The summed E-state index contributed by atoms with van der Waals surface area (Å²) in [5, 5.41) is 12.8. The van der Waals surface area contributed by atoms with Crippen LogP contribution in [0.2, 0.25) is 0 Å². The van der Waals surface area contributed by atoms with E-state index in [9.17, 15) is 18.3 Å². The molecule has 0 radical (unpaired) electrons. The first-order valence-electron chi connectivity index (χ1n) is 11.0. The van der Waals surface area contributed by atoms with Crippen LogP contribution in [-0.4, -0.2) is 50.8 Å². The number of sulfonamides is 1. The normalized spacial score (nSPS) is 12.1. The van der Waals surface area contributed by atoms with Crippen LogP contribution in [0, 0.1) is 6.92 Å². The molecular formula is C25H29N3O6S. The lowest BCUT2D eigenvalue weighted by Crippen LogP contribution is -2.42. The Balaban J connectivity index is 1.48.